The van der Waals surface area contributed by atoms with Crippen LogP contribution in [-0.4, -0.2) is 36.1 Å². The van der Waals surface area contributed by atoms with E-state index in [1.165, 1.54) is 36.6 Å². The first kappa shape index (κ1) is 21.6. The molecule has 0 saturated heterocycles. The van der Waals surface area contributed by atoms with E-state index in [9.17, 15) is 18.3 Å². The Morgan fingerprint density at radius 3 is 2.56 bits per heavy atom. The van der Waals surface area contributed by atoms with Crippen molar-refractivity contribution in [2.24, 2.45) is 0 Å². The minimum absolute atomic E-state index is 0. The molecule has 3 N–H and O–H groups in total. The van der Waals surface area contributed by atoms with E-state index in [0.29, 0.717) is 9.44 Å². The normalized spacial score (nSPS) is 14.9. The van der Waals surface area contributed by atoms with Gasteiger partial charge in [-0.15, -0.1) is 11.3 Å². The van der Waals surface area contributed by atoms with E-state index in [1.807, 2.05) is 6.92 Å². The van der Waals surface area contributed by atoms with Crippen molar-refractivity contribution in [1.29, 1.82) is 0 Å². The number of carbonyl (C=O) groups is 1. The molecule has 128 valence electrons. The third kappa shape index (κ3) is 3.73. The van der Waals surface area contributed by atoms with Crippen LogP contribution in [0.1, 0.15) is 10.4 Å². The Morgan fingerprint density at radius 1 is 1.32 bits per heavy atom. The summed E-state index contributed by atoms with van der Waals surface area (Å²) in [4.78, 5) is 17.1. The number of benzene rings is 1. The van der Waals surface area contributed by atoms with E-state index in [-0.39, 0.29) is 45.5 Å². The SMILES string of the molecule is Cc1cnc(NC(=O)C2=C([O-])c3ccccc3S(=O)(=O)N2C)s1.O.[Na+]. The number of carbonyl (C=O) groups excluding carboxylic acids is 1. The smallest absolute Gasteiger partial charge is 0.870 e. The number of anilines is 1. The summed E-state index contributed by atoms with van der Waals surface area (Å²) < 4.78 is 25.7. The largest absolute Gasteiger partial charge is 1.00 e. The maximum Gasteiger partial charge on any atom is 1.00 e. The molecule has 0 unspecified atom stereocenters. The fraction of sp³-hybridized carbons (Fsp3) is 0.143. The van der Waals surface area contributed by atoms with Gasteiger partial charge in [-0.3, -0.25) is 14.4 Å². The molecule has 0 saturated carbocycles. The van der Waals surface area contributed by atoms with Gasteiger partial charge in [0.25, 0.3) is 15.9 Å². The van der Waals surface area contributed by atoms with Gasteiger partial charge >= 0.3 is 29.6 Å². The fourth-order valence-corrected chi connectivity index (χ4v) is 4.28. The van der Waals surface area contributed by atoms with Crippen LogP contribution in [0.4, 0.5) is 5.13 Å². The van der Waals surface area contributed by atoms with Crippen molar-refractivity contribution in [2.75, 3.05) is 12.4 Å². The molecule has 2 aromatic rings. The number of sulfonamides is 1. The summed E-state index contributed by atoms with van der Waals surface area (Å²) in [7, 11) is -2.75. The molecule has 11 heteroatoms. The number of likely N-dealkylation sites (N-methyl/N-ethyl adjacent to an activating group) is 1. The Bertz CT molecular complexity index is 939. The Hall–Kier alpha value is -1.43. The van der Waals surface area contributed by atoms with Crippen molar-refractivity contribution in [2.45, 2.75) is 11.8 Å². The van der Waals surface area contributed by atoms with Gasteiger partial charge in [-0.25, -0.2) is 13.4 Å². The summed E-state index contributed by atoms with van der Waals surface area (Å²) in [5.74, 6) is -1.44. The maximum atomic E-state index is 12.5. The minimum Gasteiger partial charge on any atom is -0.870 e. The van der Waals surface area contributed by atoms with E-state index < -0.39 is 27.4 Å². The third-order valence-electron chi connectivity index (χ3n) is 3.36. The number of aromatic nitrogens is 1. The van der Waals surface area contributed by atoms with Crippen molar-refractivity contribution in [1.82, 2.24) is 9.29 Å². The average Bonchev–Trinajstić information content (AvgIpc) is 2.91. The number of thiazole rings is 1. The average molecular weight is 391 g/mol. The first-order chi connectivity index (χ1) is 10.8. The molecule has 0 radical (unpaired) electrons. The zero-order valence-electron chi connectivity index (χ0n) is 13.7. The number of amides is 1. The van der Waals surface area contributed by atoms with Gasteiger partial charge in [0.05, 0.1) is 4.90 Å². The second-order valence-electron chi connectivity index (χ2n) is 4.88. The molecule has 1 aliphatic rings. The first-order valence-electron chi connectivity index (χ1n) is 6.56. The number of aryl methyl sites for hydroxylation is 1. The van der Waals surface area contributed by atoms with Gasteiger partial charge in [0.15, 0.2) is 5.13 Å². The standard InChI is InChI=1S/C14H13N3O4S2.Na.H2O/c1-8-7-15-14(22-8)16-13(19)11-12(18)9-5-3-4-6-10(9)23(20,21)17(11)2;;/h3-7,18H,1-2H3,(H,15,16,19);;1H2/q;+1;/p-1. The number of fused-ring (bicyclic) bond motifs is 1. The Balaban J connectivity index is 0.00000156. The summed E-state index contributed by atoms with van der Waals surface area (Å²) in [6.45, 7) is 1.82. The van der Waals surface area contributed by atoms with Gasteiger partial charge in [0, 0.05) is 18.1 Å². The van der Waals surface area contributed by atoms with Crippen LogP contribution in [0.25, 0.3) is 5.76 Å². The molecule has 1 aromatic heterocycles. The van der Waals surface area contributed by atoms with Crippen molar-refractivity contribution < 1.29 is 53.4 Å². The van der Waals surface area contributed by atoms with Crippen LogP contribution in [0, 0.1) is 6.92 Å². The van der Waals surface area contributed by atoms with Crippen molar-refractivity contribution in [3.05, 3.63) is 46.6 Å². The van der Waals surface area contributed by atoms with Crippen molar-refractivity contribution >= 4 is 38.2 Å². The third-order valence-corrected chi connectivity index (χ3v) is 6.00. The van der Waals surface area contributed by atoms with Gasteiger partial charge in [0.1, 0.15) is 5.70 Å². The molecule has 25 heavy (non-hydrogen) atoms. The molecule has 0 fully saturated rings. The molecule has 0 bridgehead atoms. The topological polar surface area (TPSA) is 134 Å². The molecule has 0 atom stereocenters. The Labute approximate surface area is 170 Å². The first-order valence-corrected chi connectivity index (χ1v) is 8.81. The van der Waals surface area contributed by atoms with Gasteiger partial charge in [-0.05, 0) is 18.6 Å². The summed E-state index contributed by atoms with van der Waals surface area (Å²) in [5.41, 5.74) is -0.456. The Morgan fingerprint density at radius 2 is 1.96 bits per heavy atom. The van der Waals surface area contributed by atoms with E-state index in [1.54, 1.807) is 12.3 Å². The molecule has 1 aromatic carbocycles. The Kier molecular flexibility index (Phi) is 6.79. The van der Waals surface area contributed by atoms with Crippen LogP contribution < -0.4 is 40.0 Å². The van der Waals surface area contributed by atoms with Crippen LogP contribution in [0.3, 0.4) is 0 Å². The maximum absolute atomic E-state index is 12.5. The summed E-state index contributed by atoms with van der Waals surface area (Å²) >= 11 is 1.23. The van der Waals surface area contributed by atoms with Gasteiger partial charge < -0.3 is 10.6 Å². The molecule has 8 nitrogen and oxygen atoms in total. The summed E-state index contributed by atoms with van der Waals surface area (Å²) in [6, 6.07) is 5.82. The number of nitrogens with zero attached hydrogens (tertiary/aromatic N) is 2. The van der Waals surface area contributed by atoms with Crippen LogP contribution in [-0.2, 0) is 14.8 Å². The molecule has 1 amide bonds. The number of hydrogen-bond donors (Lipinski definition) is 1. The number of hydrogen-bond acceptors (Lipinski definition) is 6. The van der Waals surface area contributed by atoms with E-state index in [0.717, 1.165) is 4.88 Å². The summed E-state index contributed by atoms with van der Waals surface area (Å²) in [5, 5.41) is 15.3. The van der Waals surface area contributed by atoms with Crippen LogP contribution in [0.2, 0.25) is 0 Å². The zero-order chi connectivity index (χ0) is 16.8. The summed E-state index contributed by atoms with van der Waals surface area (Å²) in [6.07, 6.45) is 1.57. The minimum atomic E-state index is -3.94. The van der Waals surface area contributed by atoms with Gasteiger partial charge in [0.2, 0.25) is 0 Å². The molecule has 3 rings (SSSR count). The molecular weight excluding hydrogens is 377 g/mol. The van der Waals surface area contributed by atoms with Crippen molar-refractivity contribution in [3.63, 3.8) is 0 Å². The van der Waals surface area contributed by atoms with Crippen molar-refractivity contribution in [3.8, 4) is 0 Å². The molecule has 2 heterocycles. The molecule has 0 spiro atoms. The van der Waals surface area contributed by atoms with Crippen LogP contribution in [0.5, 0.6) is 0 Å². The second-order valence-corrected chi connectivity index (χ2v) is 8.05. The van der Waals surface area contributed by atoms with Crippen LogP contribution in [0.15, 0.2) is 41.1 Å². The van der Waals surface area contributed by atoms with E-state index in [2.05, 4.69) is 10.3 Å². The van der Waals surface area contributed by atoms with Crippen LogP contribution >= 0.6 is 11.3 Å². The quantitative estimate of drug-likeness (QED) is 0.542. The van der Waals surface area contributed by atoms with Gasteiger partial charge in [-0.1, -0.05) is 24.0 Å². The number of rotatable bonds is 2. The fourth-order valence-electron chi connectivity index (χ4n) is 2.23. The second kappa shape index (κ2) is 7.85. The van der Waals surface area contributed by atoms with E-state index in [4.69, 9.17) is 0 Å². The zero-order valence-corrected chi connectivity index (χ0v) is 17.4. The predicted molar refractivity (Wildman–Crippen MR) is 87.4 cm³/mol. The molecule has 1 aliphatic heterocycles. The van der Waals surface area contributed by atoms with Gasteiger partial charge in [-0.2, -0.15) is 0 Å². The van der Waals surface area contributed by atoms with E-state index >= 15 is 0 Å². The number of nitrogens with one attached hydrogen (secondary N) is 1. The molecule has 0 aliphatic carbocycles. The monoisotopic (exact) mass is 391 g/mol. The molecular formula is C14H14N3NaO5S2. The predicted octanol–water partition coefficient (Wildman–Crippen LogP) is -3.07.